The summed E-state index contributed by atoms with van der Waals surface area (Å²) in [4.78, 5) is 23.3. The van der Waals surface area contributed by atoms with Crippen molar-refractivity contribution in [1.82, 2.24) is 10.4 Å². The van der Waals surface area contributed by atoms with Crippen LogP contribution in [0.25, 0.3) is 0 Å². The van der Waals surface area contributed by atoms with Crippen molar-refractivity contribution in [3.63, 3.8) is 0 Å². The maximum Gasteiger partial charge on any atom is 0.270 e. The lowest BCUT2D eigenvalue weighted by atomic mass is 10.1. The molecule has 1 saturated heterocycles. The Morgan fingerprint density at radius 1 is 1.04 bits per heavy atom. The summed E-state index contributed by atoms with van der Waals surface area (Å²) in [6.45, 7) is 2.13. The van der Waals surface area contributed by atoms with Crippen LogP contribution in [0, 0.1) is 30.6 Å². The molecule has 2 N–H and O–H groups in total. The molecule has 128 valence electrons. The monoisotopic (exact) mass is 344 g/mol. The van der Waals surface area contributed by atoms with Gasteiger partial charge in [-0.1, -0.05) is 29.5 Å². The van der Waals surface area contributed by atoms with Crippen LogP contribution in [0.15, 0.2) is 48.5 Å². The number of nitrogens with one attached hydrogen (secondary N) is 1. The molecule has 1 heterocycles. The van der Waals surface area contributed by atoms with E-state index in [0.29, 0.717) is 10.6 Å². The van der Waals surface area contributed by atoms with Gasteiger partial charge in [0.15, 0.2) is 0 Å². The Morgan fingerprint density at radius 2 is 1.58 bits per heavy atom. The van der Waals surface area contributed by atoms with Crippen LogP contribution in [0.2, 0.25) is 0 Å². The molecule has 1 aliphatic heterocycles. The van der Waals surface area contributed by atoms with Crippen molar-refractivity contribution >= 4 is 11.8 Å². The maximum atomic E-state index is 12.0. The van der Waals surface area contributed by atoms with E-state index in [-0.39, 0.29) is 12.5 Å². The summed E-state index contributed by atoms with van der Waals surface area (Å²) >= 11 is 0. The van der Waals surface area contributed by atoms with E-state index in [2.05, 4.69) is 29.0 Å². The van der Waals surface area contributed by atoms with Crippen LogP contribution in [0.5, 0.6) is 0 Å². The fourth-order valence-corrected chi connectivity index (χ4v) is 2.31. The molecule has 0 aromatic heterocycles. The largest absolute Gasteiger partial charge is 0.338 e. The molecule has 0 spiro atoms. The number of rotatable bonds is 2. The second-order valence-electron chi connectivity index (χ2n) is 5.89. The van der Waals surface area contributed by atoms with Gasteiger partial charge in [-0.15, -0.1) is 0 Å². The van der Waals surface area contributed by atoms with E-state index < -0.39 is 11.9 Å². The molecular weight excluding hydrogens is 328 g/mol. The minimum absolute atomic E-state index is 0.105. The number of β-lactam (4-membered cyclic amide) rings is 1. The van der Waals surface area contributed by atoms with Gasteiger partial charge >= 0.3 is 0 Å². The topological polar surface area (TPSA) is 69.6 Å². The summed E-state index contributed by atoms with van der Waals surface area (Å²) in [5, 5.41) is 12.1. The molecule has 2 aromatic carbocycles. The van der Waals surface area contributed by atoms with Gasteiger partial charge in [0, 0.05) is 16.7 Å². The molecule has 2 amide bonds. The molecule has 5 heteroatoms. The number of benzene rings is 2. The Labute approximate surface area is 151 Å². The van der Waals surface area contributed by atoms with E-state index in [9.17, 15) is 9.59 Å². The molecule has 0 aliphatic carbocycles. The van der Waals surface area contributed by atoms with Crippen LogP contribution in [-0.2, 0) is 4.79 Å². The van der Waals surface area contributed by atoms with E-state index in [0.717, 1.165) is 11.1 Å². The van der Waals surface area contributed by atoms with Crippen LogP contribution >= 0.6 is 0 Å². The number of hydrogen-bond donors (Lipinski definition) is 2. The lowest BCUT2D eigenvalue weighted by Crippen LogP contribution is -2.62. The van der Waals surface area contributed by atoms with Gasteiger partial charge in [-0.3, -0.25) is 14.8 Å². The summed E-state index contributed by atoms with van der Waals surface area (Å²) in [7, 11) is 0. The standard InChI is InChI=1S/C21H16N2O3/c1-15-6-8-16(9-7-15)4-2-3-5-17-10-12-18(13-11-17)20(24)22-19-14-23(26)21(19)25/h6-13,19,26H,14H2,1H3,(H,22,24). The van der Waals surface area contributed by atoms with Gasteiger partial charge in [-0.25, -0.2) is 5.06 Å². The number of amides is 2. The lowest BCUT2D eigenvalue weighted by Gasteiger charge is -2.33. The lowest BCUT2D eigenvalue weighted by molar-refractivity contribution is -0.189. The number of carbonyl (C=O) groups is 2. The fourth-order valence-electron chi connectivity index (χ4n) is 2.31. The van der Waals surface area contributed by atoms with Crippen molar-refractivity contribution in [2.45, 2.75) is 13.0 Å². The number of hydrogen-bond acceptors (Lipinski definition) is 3. The third-order valence-corrected chi connectivity index (χ3v) is 3.89. The molecule has 1 fully saturated rings. The van der Waals surface area contributed by atoms with Crippen molar-refractivity contribution in [3.05, 3.63) is 70.8 Å². The predicted octanol–water partition coefficient (Wildman–Crippen LogP) is 1.73. The number of hydroxylamine groups is 2. The normalized spacial score (nSPS) is 15.1. The minimum atomic E-state index is -0.663. The molecule has 1 atom stereocenters. The Balaban J connectivity index is 1.59. The molecule has 3 rings (SSSR count). The molecule has 0 radical (unpaired) electrons. The van der Waals surface area contributed by atoms with Gasteiger partial charge in [-0.05, 0) is 55.2 Å². The first kappa shape index (κ1) is 17.3. The van der Waals surface area contributed by atoms with Crippen LogP contribution in [0.3, 0.4) is 0 Å². The average molecular weight is 344 g/mol. The average Bonchev–Trinajstić information content (AvgIpc) is 2.66. The smallest absolute Gasteiger partial charge is 0.270 e. The fraction of sp³-hybridized carbons (Fsp3) is 0.143. The second kappa shape index (κ2) is 7.57. The number of nitrogens with zero attached hydrogens (tertiary/aromatic N) is 1. The highest BCUT2D eigenvalue weighted by Gasteiger charge is 2.37. The highest BCUT2D eigenvalue weighted by atomic mass is 16.5. The van der Waals surface area contributed by atoms with Crippen molar-refractivity contribution in [2.75, 3.05) is 6.54 Å². The van der Waals surface area contributed by atoms with Crippen LogP contribution in [0.4, 0.5) is 0 Å². The SMILES string of the molecule is Cc1ccc(C#CC#Cc2ccc(C(=O)NC3CN(O)C3=O)cc2)cc1. The van der Waals surface area contributed by atoms with Gasteiger partial charge in [-0.2, -0.15) is 0 Å². The summed E-state index contributed by atoms with van der Waals surface area (Å²) in [5.74, 6) is 10.6. The van der Waals surface area contributed by atoms with E-state index in [1.807, 2.05) is 31.2 Å². The Hall–Kier alpha value is -3.54. The Morgan fingerprint density at radius 3 is 2.08 bits per heavy atom. The highest BCUT2D eigenvalue weighted by molar-refractivity contribution is 5.99. The van der Waals surface area contributed by atoms with E-state index in [4.69, 9.17) is 5.21 Å². The van der Waals surface area contributed by atoms with Crippen molar-refractivity contribution in [2.24, 2.45) is 0 Å². The van der Waals surface area contributed by atoms with Gasteiger partial charge in [0.25, 0.3) is 11.8 Å². The highest BCUT2D eigenvalue weighted by Crippen LogP contribution is 2.09. The van der Waals surface area contributed by atoms with Gasteiger partial charge in [0.2, 0.25) is 0 Å². The van der Waals surface area contributed by atoms with Crippen molar-refractivity contribution < 1.29 is 14.8 Å². The van der Waals surface area contributed by atoms with Crippen molar-refractivity contribution in [3.8, 4) is 23.7 Å². The zero-order chi connectivity index (χ0) is 18.5. The van der Waals surface area contributed by atoms with Gasteiger partial charge in [0.1, 0.15) is 6.04 Å². The third kappa shape index (κ3) is 4.10. The summed E-state index contributed by atoms with van der Waals surface area (Å²) in [6.07, 6.45) is 0. The number of carbonyl (C=O) groups excluding carboxylic acids is 2. The van der Waals surface area contributed by atoms with Crippen LogP contribution < -0.4 is 5.32 Å². The summed E-state index contributed by atoms with van der Waals surface area (Å²) < 4.78 is 0. The van der Waals surface area contributed by atoms with Crippen molar-refractivity contribution in [1.29, 1.82) is 0 Å². The van der Waals surface area contributed by atoms with Gasteiger partial charge < -0.3 is 5.32 Å². The molecule has 1 aliphatic rings. The molecule has 1 unspecified atom stereocenters. The van der Waals surface area contributed by atoms with Crippen LogP contribution in [-0.4, -0.2) is 34.7 Å². The second-order valence-corrected chi connectivity index (χ2v) is 5.89. The van der Waals surface area contributed by atoms with Gasteiger partial charge in [0.05, 0.1) is 6.54 Å². The first-order chi connectivity index (χ1) is 12.5. The van der Waals surface area contributed by atoms with E-state index >= 15 is 0 Å². The molecular formula is C21H16N2O3. The molecule has 26 heavy (non-hydrogen) atoms. The maximum absolute atomic E-state index is 12.0. The third-order valence-electron chi connectivity index (χ3n) is 3.89. The summed E-state index contributed by atoms with van der Waals surface area (Å²) in [5.41, 5.74) is 3.25. The van der Waals surface area contributed by atoms with E-state index in [1.54, 1.807) is 24.3 Å². The first-order valence-electron chi connectivity index (χ1n) is 8.03. The molecule has 0 bridgehead atoms. The first-order valence-corrected chi connectivity index (χ1v) is 8.03. The molecule has 2 aromatic rings. The minimum Gasteiger partial charge on any atom is -0.338 e. The Bertz CT molecular complexity index is 955. The Kier molecular flexibility index (Phi) is 5.03. The zero-order valence-corrected chi connectivity index (χ0v) is 14.1. The zero-order valence-electron chi connectivity index (χ0n) is 14.1. The number of aryl methyl sites for hydroxylation is 1. The molecule has 5 nitrogen and oxygen atoms in total. The molecule has 0 saturated carbocycles. The van der Waals surface area contributed by atoms with Crippen LogP contribution in [0.1, 0.15) is 27.0 Å². The summed E-state index contributed by atoms with van der Waals surface area (Å²) in [6, 6.07) is 13.9. The predicted molar refractivity (Wildman–Crippen MR) is 96.1 cm³/mol. The van der Waals surface area contributed by atoms with E-state index in [1.165, 1.54) is 5.56 Å². The quantitative estimate of drug-likeness (QED) is 0.495.